The molecule has 0 aliphatic rings. The van der Waals surface area contributed by atoms with Gasteiger partial charge in [-0.25, -0.2) is 0 Å². The van der Waals surface area contributed by atoms with Crippen molar-refractivity contribution in [3.63, 3.8) is 0 Å². The van der Waals surface area contributed by atoms with E-state index in [4.69, 9.17) is 0 Å². The van der Waals surface area contributed by atoms with Crippen molar-refractivity contribution < 1.29 is 9.90 Å². The molecule has 12 heavy (non-hydrogen) atoms. The zero-order chi connectivity index (χ0) is 9.72. The lowest BCUT2D eigenvalue weighted by Crippen LogP contribution is -2.17. The molecule has 0 rings (SSSR count). The number of ketones is 1. The molecule has 1 atom stereocenters. The highest BCUT2D eigenvalue weighted by Crippen LogP contribution is 2.03. The van der Waals surface area contributed by atoms with Crippen LogP contribution in [0.5, 0.6) is 0 Å². The van der Waals surface area contributed by atoms with Crippen molar-refractivity contribution in [2.24, 2.45) is 0 Å². The lowest BCUT2D eigenvalue weighted by Gasteiger charge is -2.04. The zero-order valence-corrected chi connectivity index (χ0v) is 7.92. The van der Waals surface area contributed by atoms with Crippen LogP contribution in [0.1, 0.15) is 27.2 Å². The quantitative estimate of drug-likeness (QED) is 0.650. The molecule has 0 aromatic rings. The number of aliphatic hydroxyl groups is 1. The van der Waals surface area contributed by atoms with E-state index in [0.717, 1.165) is 11.1 Å². The largest absolute Gasteiger partial charge is 0.381 e. The van der Waals surface area contributed by atoms with Crippen molar-refractivity contribution >= 4 is 5.78 Å². The average molecular weight is 168 g/mol. The Kier molecular flexibility index (Phi) is 4.52. The maximum Gasteiger partial charge on any atom is 0.169 e. The molecule has 0 aromatic carbocycles. The van der Waals surface area contributed by atoms with Gasteiger partial charge in [0.25, 0.3) is 0 Å². The van der Waals surface area contributed by atoms with E-state index >= 15 is 0 Å². The van der Waals surface area contributed by atoms with Crippen LogP contribution in [0.25, 0.3) is 0 Å². The number of rotatable bonds is 4. The van der Waals surface area contributed by atoms with Gasteiger partial charge in [0.15, 0.2) is 5.78 Å². The van der Waals surface area contributed by atoms with Crippen molar-refractivity contribution in [3.8, 4) is 0 Å². The Balaban J connectivity index is 4.11. The minimum absolute atomic E-state index is 0.191. The van der Waals surface area contributed by atoms with Crippen LogP contribution in [0.3, 0.4) is 0 Å². The molecule has 0 aromatic heterocycles. The number of allylic oxidation sites excluding steroid dienone is 2. The molecule has 0 aliphatic carbocycles. The Hall–Kier alpha value is -0.890. The molecular formula is C10H16O2. The Labute approximate surface area is 73.6 Å². The Bertz CT molecular complexity index is 210. The van der Waals surface area contributed by atoms with E-state index in [-0.39, 0.29) is 12.2 Å². The molecule has 0 saturated carbocycles. The predicted octanol–water partition coefficient (Wildman–Crippen LogP) is 1.85. The van der Waals surface area contributed by atoms with Gasteiger partial charge in [-0.2, -0.15) is 0 Å². The maximum atomic E-state index is 11.1. The predicted molar refractivity (Wildman–Crippen MR) is 49.9 cm³/mol. The number of aliphatic hydroxyl groups excluding tert-OH is 1. The second kappa shape index (κ2) is 4.88. The number of Topliss-reactive ketones (excluding diaryl/α,β-unsaturated/α-hetero) is 1. The fourth-order valence-electron chi connectivity index (χ4n) is 0.811. The van der Waals surface area contributed by atoms with Gasteiger partial charge in [0.2, 0.25) is 0 Å². The summed E-state index contributed by atoms with van der Waals surface area (Å²) < 4.78 is 0. The van der Waals surface area contributed by atoms with Gasteiger partial charge in [-0.3, -0.25) is 4.79 Å². The Morgan fingerprint density at radius 3 is 2.33 bits per heavy atom. The van der Waals surface area contributed by atoms with Crippen LogP contribution < -0.4 is 0 Å². The molecule has 0 fully saturated rings. The SMILES string of the molecule is C=C(C)CC(=O)C(O)C=C(C)C. The van der Waals surface area contributed by atoms with Gasteiger partial charge < -0.3 is 5.11 Å². The van der Waals surface area contributed by atoms with Gasteiger partial charge in [0.05, 0.1) is 0 Å². The molecule has 0 bridgehead atoms. The molecule has 0 aliphatic heterocycles. The van der Waals surface area contributed by atoms with Crippen molar-refractivity contribution in [1.29, 1.82) is 0 Å². The zero-order valence-electron chi connectivity index (χ0n) is 7.92. The van der Waals surface area contributed by atoms with Gasteiger partial charge in [-0.1, -0.05) is 23.8 Å². The minimum Gasteiger partial charge on any atom is -0.381 e. The average Bonchev–Trinajstić information content (AvgIpc) is 1.84. The molecule has 0 heterocycles. The van der Waals surface area contributed by atoms with E-state index < -0.39 is 6.10 Å². The van der Waals surface area contributed by atoms with Crippen LogP contribution in [-0.4, -0.2) is 17.0 Å². The molecule has 68 valence electrons. The molecule has 0 spiro atoms. The van der Waals surface area contributed by atoms with E-state index in [1.54, 1.807) is 13.0 Å². The highest BCUT2D eigenvalue weighted by Gasteiger charge is 2.11. The van der Waals surface area contributed by atoms with E-state index in [0.29, 0.717) is 0 Å². The summed E-state index contributed by atoms with van der Waals surface area (Å²) in [6.45, 7) is 9.06. The molecule has 0 radical (unpaired) electrons. The van der Waals surface area contributed by atoms with Crippen molar-refractivity contribution in [2.45, 2.75) is 33.3 Å². The standard InChI is InChI=1S/C10H16O2/c1-7(2)5-9(11)10(12)6-8(3)4/h6,10,12H,1,5H2,2-4H3. The minimum atomic E-state index is -0.966. The van der Waals surface area contributed by atoms with Gasteiger partial charge >= 0.3 is 0 Å². The fourth-order valence-corrected chi connectivity index (χ4v) is 0.811. The summed E-state index contributed by atoms with van der Waals surface area (Å²) in [4.78, 5) is 11.1. The van der Waals surface area contributed by atoms with Crippen LogP contribution >= 0.6 is 0 Å². The lowest BCUT2D eigenvalue weighted by molar-refractivity contribution is -0.124. The molecule has 0 amide bonds. The number of carbonyl (C=O) groups is 1. The summed E-state index contributed by atoms with van der Waals surface area (Å²) in [7, 11) is 0. The van der Waals surface area contributed by atoms with Crippen LogP contribution in [0, 0.1) is 0 Å². The Morgan fingerprint density at radius 1 is 1.50 bits per heavy atom. The monoisotopic (exact) mass is 168 g/mol. The lowest BCUT2D eigenvalue weighted by atomic mass is 10.1. The summed E-state index contributed by atoms with van der Waals surface area (Å²) >= 11 is 0. The summed E-state index contributed by atoms with van der Waals surface area (Å²) in [5.74, 6) is -0.191. The summed E-state index contributed by atoms with van der Waals surface area (Å²) in [6, 6.07) is 0. The molecule has 1 N–H and O–H groups in total. The third kappa shape index (κ3) is 4.85. The maximum absolute atomic E-state index is 11.1. The second-order valence-electron chi connectivity index (χ2n) is 3.29. The first kappa shape index (κ1) is 11.1. The molecule has 0 saturated heterocycles. The smallest absolute Gasteiger partial charge is 0.169 e. The topological polar surface area (TPSA) is 37.3 Å². The first-order valence-electron chi connectivity index (χ1n) is 3.93. The molecule has 1 unspecified atom stereocenters. The highest BCUT2D eigenvalue weighted by molar-refractivity contribution is 5.86. The normalized spacial score (nSPS) is 12.0. The van der Waals surface area contributed by atoms with Gasteiger partial charge in [0, 0.05) is 6.42 Å². The van der Waals surface area contributed by atoms with Crippen molar-refractivity contribution in [3.05, 3.63) is 23.8 Å². The summed E-state index contributed by atoms with van der Waals surface area (Å²) in [5.41, 5.74) is 1.72. The first-order chi connectivity index (χ1) is 5.43. The third-order valence-electron chi connectivity index (χ3n) is 1.30. The first-order valence-corrected chi connectivity index (χ1v) is 3.93. The van der Waals surface area contributed by atoms with Gasteiger partial charge in [-0.05, 0) is 20.8 Å². The van der Waals surface area contributed by atoms with Gasteiger partial charge in [-0.15, -0.1) is 0 Å². The van der Waals surface area contributed by atoms with E-state index in [9.17, 15) is 9.90 Å². The highest BCUT2D eigenvalue weighted by atomic mass is 16.3. The van der Waals surface area contributed by atoms with Crippen LogP contribution in [0.2, 0.25) is 0 Å². The van der Waals surface area contributed by atoms with E-state index in [2.05, 4.69) is 6.58 Å². The number of hydrogen-bond donors (Lipinski definition) is 1. The Morgan fingerprint density at radius 2 is 2.00 bits per heavy atom. The summed E-state index contributed by atoms with van der Waals surface area (Å²) in [5, 5.41) is 9.27. The van der Waals surface area contributed by atoms with E-state index in [1.165, 1.54) is 0 Å². The van der Waals surface area contributed by atoms with E-state index in [1.807, 2.05) is 13.8 Å². The third-order valence-corrected chi connectivity index (χ3v) is 1.30. The molecular weight excluding hydrogens is 152 g/mol. The second-order valence-corrected chi connectivity index (χ2v) is 3.29. The van der Waals surface area contributed by atoms with Crippen LogP contribution in [0.15, 0.2) is 23.8 Å². The fraction of sp³-hybridized carbons (Fsp3) is 0.500. The van der Waals surface area contributed by atoms with Gasteiger partial charge in [0.1, 0.15) is 6.10 Å². The van der Waals surface area contributed by atoms with Crippen LogP contribution in [0.4, 0.5) is 0 Å². The number of hydrogen-bond acceptors (Lipinski definition) is 2. The molecule has 2 nitrogen and oxygen atoms in total. The number of carbonyl (C=O) groups excluding carboxylic acids is 1. The van der Waals surface area contributed by atoms with Crippen LogP contribution in [-0.2, 0) is 4.79 Å². The van der Waals surface area contributed by atoms with Crippen molar-refractivity contribution in [2.75, 3.05) is 0 Å². The van der Waals surface area contributed by atoms with Crippen molar-refractivity contribution in [1.82, 2.24) is 0 Å². The molecule has 2 heteroatoms. The summed E-state index contributed by atoms with van der Waals surface area (Å²) in [6.07, 6.45) is 0.836.